The molecule has 0 N–H and O–H groups in total. The van der Waals surface area contributed by atoms with E-state index in [9.17, 15) is 17.6 Å². The molecule has 9 nitrogen and oxygen atoms in total. The molecular weight excluding hydrogens is 415 g/mol. The average molecular weight is 438 g/mol. The smallest absolute Gasteiger partial charge is 0.253 e. The van der Waals surface area contributed by atoms with Crippen LogP contribution < -0.4 is 0 Å². The fourth-order valence-corrected chi connectivity index (χ4v) is 5.28. The van der Waals surface area contributed by atoms with E-state index in [-0.39, 0.29) is 43.7 Å². The number of rotatable bonds is 4. The van der Waals surface area contributed by atoms with E-state index >= 15 is 0 Å². The molecule has 0 spiro atoms. The molecule has 2 aliphatic rings. The molecule has 2 fully saturated rings. The summed E-state index contributed by atoms with van der Waals surface area (Å²) >= 11 is 0. The lowest BCUT2D eigenvalue weighted by atomic mass is 9.97. The van der Waals surface area contributed by atoms with E-state index in [4.69, 9.17) is 9.26 Å². The third kappa shape index (κ3) is 4.09. The number of nitrogens with zero attached hydrogens (tertiary/aromatic N) is 4. The Balaban J connectivity index is 1.56. The van der Waals surface area contributed by atoms with Gasteiger partial charge in [0.25, 0.3) is 5.91 Å². The van der Waals surface area contributed by atoms with Crippen LogP contribution in [-0.4, -0.2) is 73.1 Å². The van der Waals surface area contributed by atoms with Crippen LogP contribution in [0.25, 0.3) is 0 Å². The highest BCUT2D eigenvalue weighted by molar-refractivity contribution is 7.89. The molecule has 1 unspecified atom stereocenters. The number of aryl methyl sites for hydroxylation is 1. The molecular formula is C19H23FN4O5S. The van der Waals surface area contributed by atoms with E-state index in [0.29, 0.717) is 24.8 Å². The maximum Gasteiger partial charge on any atom is 0.253 e. The fourth-order valence-electron chi connectivity index (χ4n) is 3.78. The highest BCUT2D eigenvalue weighted by Gasteiger charge is 2.32. The number of benzene rings is 1. The first-order valence-corrected chi connectivity index (χ1v) is 11.3. The zero-order valence-electron chi connectivity index (χ0n) is 16.6. The lowest BCUT2D eigenvalue weighted by Crippen LogP contribution is -2.41. The molecule has 3 heterocycles. The minimum atomic E-state index is -4.06. The van der Waals surface area contributed by atoms with Crippen LogP contribution in [0.1, 0.15) is 40.8 Å². The number of likely N-dealkylation sites (tertiary alicyclic amines) is 1. The van der Waals surface area contributed by atoms with Crippen LogP contribution in [0, 0.1) is 12.7 Å². The predicted octanol–water partition coefficient (Wildman–Crippen LogP) is 1.56. The van der Waals surface area contributed by atoms with E-state index in [1.54, 1.807) is 11.8 Å². The summed E-state index contributed by atoms with van der Waals surface area (Å²) in [5.41, 5.74) is 0.130. The third-order valence-electron chi connectivity index (χ3n) is 5.37. The summed E-state index contributed by atoms with van der Waals surface area (Å²) in [5.74, 6) is -0.296. The van der Waals surface area contributed by atoms with Gasteiger partial charge in [-0.05, 0) is 38.0 Å². The van der Waals surface area contributed by atoms with Gasteiger partial charge in [0, 0.05) is 31.7 Å². The van der Waals surface area contributed by atoms with Crippen molar-refractivity contribution < 1.29 is 26.9 Å². The van der Waals surface area contributed by atoms with Gasteiger partial charge in [-0.2, -0.15) is 9.29 Å². The van der Waals surface area contributed by atoms with Gasteiger partial charge in [-0.25, -0.2) is 12.8 Å². The minimum Gasteiger partial charge on any atom is -0.379 e. The highest BCUT2D eigenvalue weighted by atomic mass is 32.2. The molecule has 1 aromatic carbocycles. The number of hydrogen-bond acceptors (Lipinski definition) is 7. The van der Waals surface area contributed by atoms with Crippen molar-refractivity contribution in [1.29, 1.82) is 0 Å². The first-order chi connectivity index (χ1) is 14.4. The number of morpholine rings is 1. The molecule has 162 valence electrons. The first kappa shape index (κ1) is 20.9. The molecule has 11 heteroatoms. The summed E-state index contributed by atoms with van der Waals surface area (Å²) in [5, 5.41) is 3.80. The van der Waals surface area contributed by atoms with Crippen molar-refractivity contribution in [3.05, 3.63) is 41.3 Å². The van der Waals surface area contributed by atoms with Crippen LogP contribution in [0.2, 0.25) is 0 Å². The summed E-state index contributed by atoms with van der Waals surface area (Å²) in [6.45, 7) is 3.44. The van der Waals surface area contributed by atoms with Crippen LogP contribution >= 0.6 is 0 Å². The van der Waals surface area contributed by atoms with Crippen molar-refractivity contribution in [2.24, 2.45) is 0 Å². The van der Waals surface area contributed by atoms with Gasteiger partial charge in [-0.1, -0.05) is 5.16 Å². The minimum absolute atomic E-state index is 0.0825. The number of halogens is 1. The number of ether oxygens (including phenoxy) is 1. The molecule has 0 saturated carbocycles. The second kappa shape index (κ2) is 8.40. The van der Waals surface area contributed by atoms with Crippen molar-refractivity contribution in [2.75, 3.05) is 39.4 Å². The molecule has 4 rings (SSSR count). The van der Waals surface area contributed by atoms with E-state index in [1.165, 1.54) is 10.4 Å². The SMILES string of the molecule is Cc1noc(C2CCCN(C(=O)c3ccc(F)c(S(=O)(=O)N4CCOCC4)c3)C2)n1. The fraction of sp³-hybridized carbons (Fsp3) is 0.526. The molecule has 0 bridgehead atoms. The number of hydrogen-bond donors (Lipinski definition) is 0. The Morgan fingerprint density at radius 1 is 1.23 bits per heavy atom. The Labute approximate surface area is 173 Å². The van der Waals surface area contributed by atoms with Gasteiger partial charge in [-0.15, -0.1) is 0 Å². The van der Waals surface area contributed by atoms with E-state index in [2.05, 4.69) is 10.1 Å². The van der Waals surface area contributed by atoms with Crippen LogP contribution in [-0.2, 0) is 14.8 Å². The number of aromatic nitrogens is 2. The van der Waals surface area contributed by atoms with Crippen LogP contribution in [0.3, 0.4) is 0 Å². The van der Waals surface area contributed by atoms with Crippen molar-refractivity contribution in [2.45, 2.75) is 30.6 Å². The molecule has 0 aliphatic carbocycles. The molecule has 1 amide bonds. The quantitative estimate of drug-likeness (QED) is 0.713. The Hall–Kier alpha value is -2.37. The van der Waals surface area contributed by atoms with Gasteiger partial charge in [0.2, 0.25) is 15.9 Å². The monoisotopic (exact) mass is 438 g/mol. The lowest BCUT2D eigenvalue weighted by molar-refractivity contribution is 0.0694. The van der Waals surface area contributed by atoms with Crippen LogP contribution in [0.15, 0.2) is 27.6 Å². The van der Waals surface area contributed by atoms with Gasteiger partial charge >= 0.3 is 0 Å². The summed E-state index contributed by atoms with van der Waals surface area (Å²) < 4.78 is 51.8. The van der Waals surface area contributed by atoms with Crippen molar-refractivity contribution in [1.82, 2.24) is 19.3 Å². The van der Waals surface area contributed by atoms with E-state index < -0.39 is 20.7 Å². The van der Waals surface area contributed by atoms with Crippen molar-refractivity contribution >= 4 is 15.9 Å². The molecule has 1 atom stereocenters. The normalized spacial score (nSPS) is 21.0. The Bertz CT molecular complexity index is 1040. The van der Waals surface area contributed by atoms with Gasteiger partial charge in [-0.3, -0.25) is 4.79 Å². The zero-order chi connectivity index (χ0) is 21.3. The number of piperidine rings is 1. The largest absolute Gasteiger partial charge is 0.379 e. The Kier molecular flexibility index (Phi) is 5.85. The van der Waals surface area contributed by atoms with Gasteiger partial charge in [0.1, 0.15) is 10.7 Å². The maximum atomic E-state index is 14.4. The third-order valence-corrected chi connectivity index (χ3v) is 7.28. The second-order valence-corrected chi connectivity index (χ2v) is 9.34. The van der Waals surface area contributed by atoms with E-state index in [0.717, 1.165) is 25.0 Å². The highest BCUT2D eigenvalue weighted by Crippen LogP contribution is 2.28. The van der Waals surface area contributed by atoms with Gasteiger partial charge in [0.05, 0.1) is 19.1 Å². The van der Waals surface area contributed by atoms with E-state index in [1.807, 2.05) is 0 Å². The second-order valence-electron chi connectivity index (χ2n) is 7.43. The summed E-state index contributed by atoms with van der Waals surface area (Å²) in [6, 6.07) is 3.47. The molecule has 30 heavy (non-hydrogen) atoms. The van der Waals surface area contributed by atoms with Crippen molar-refractivity contribution in [3.63, 3.8) is 0 Å². The average Bonchev–Trinajstić information content (AvgIpc) is 3.20. The van der Waals surface area contributed by atoms with Gasteiger partial charge in [0.15, 0.2) is 5.82 Å². The summed E-state index contributed by atoms with van der Waals surface area (Å²) in [6.07, 6.45) is 1.56. The summed E-state index contributed by atoms with van der Waals surface area (Å²) in [7, 11) is -4.06. The van der Waals surface area contributed by atoms with Gasteiger partial charge < -0.3 is 14.2 Å². The topological polar surface area (TPSA) is 106 Å². The zero-order valence-corrected chi connectivity index (χ0v) is 17.4. The summed E-state index contributed by atoms with van der Waals surface area (Å²) in [4.78, 5) is 18.4. The Morgan fingerprint density at radius 3 is 2.70 bits per heavy atom. The standard InChI is InChI=1S/C19H23FN4O5S/c1-13-21-18(29-22-13)15-3-2-6-23(12-15)19(25)14-4-5-16(20)17(11-14)30(26,27)24-7-9-28-10-8-24/h4-5,11,15H,2-3,6-10,12H2,1H3. The number of carbonyl (C=O) groups is 1. The number of carbonyl (C=O) groups excluding carboxylic acids is 1. The Morgan fingerprint density at radius 2 is 2.00 bits per heavy atom. The van der Waals surface area contributed by atoms with Crippen LogP contribution in [0.4, 0.5) is 4.39 Å². The number of amides is 1. The lowest BCUT2D eigenvalue weighted by Gasteiger charge is -2.31. The number of sulfonamides is 1. The predicted molar refractivity (Wildman–Crippen MR) is 103 cm³/mol. The maximum absolute atomic E-state index is 14.4. The molecule has 2 saturated heterocycles. The van der Waals surface area contributed by atoms with Crippen LogP contribution in [0.5, 0.6) is 0 Å². The molecule has 1 aromatic heterocycles. The molecule has 2 aromatic rings. The van der Waals surface area contributed by atoms with Crippen molar-refractivity contribution in [3.8, 4) is 0 Å². The molecule has 2 aliphatic heterocycles. The first-order valence-electron chi connectivity index (χ1n) is 9.83. The molecule has 0 radical (unpaired) electrons.